The summed E-state index contributed by atoms with van der Waals surface area (Å²) in [6.07, 6.45) is 3.25. The number of carbonyl (C=O) groups is 1. The van der Waals surface area contributed by atoms with Crippen LogP contribution in [0.25, 0.3) is 17.1 Å². The van der Waals surface area contributed by atoms with E-state index in [-0.39, 0.29) is 5.78 Å². The maximum Gasteiger partial charge on any atom is 0.185 e. The minimum absolute atomic E-state index is 0.0472. The van der Waals surface area contributed by atoms with Crippen molar-refractivity contribution in [2.75, 3.05) is 0 Å². The Morgan fingerprint density at radius 2 is 1.84 bits per heavy atom. The van der Waals surface area contributed by atoms with Crippen molar-refractivity contribution in [3.63, 3.8) is 0 Å². The summed E-state index contributed by atoms with van der Waals surface area (Å²) in [5.74, 6) is -0.0472. The van der Waals surface area contributed by atoms with E-state index in [2.05, 4.69) is 14.9 Å². The van der Waals surface area contributed by atoms with Crippen LogP contribution in [0, 0.1) is 0 Å². The molecule has 1 aromatic heterocycles. The van der Waals surface area contributed by atoms with Gasteiger partial charge in [0.05, 0.1) is 0 Å². The van der Waals surface area contributed by atoms with Crippen molar-refractivity contribution >= 4 is 22.9 Å². The lowest BCUT2D eigenvalue weighted by Gasteiger charge is -1.95. The smallest absolute Gasteiger partial charge is 0.185 e. The standard InChI is InChI=1S/C15H10N2O2/c18-14(11-5-2-1-3-6-11)10-9-12-7-4-8-13-15(12)17-19-16-13/h1-10H. The Kier molecular flexibility index (Phi) is 2.90. The van der Waals surface area contributed by atoms with Gasteiger partial charge in [-0.3, -0.25) is 4.79 Å². The molecule has 0 unspecified atom stereocenters. The molecule has 92 valence electrons. The molecule has 0 fully saturated rings. The third kappa shape index (κ3) is 2.28. The maximum atomic E-state index is 11.9. The number of nitrogens with zero attached hydrogens (tertiary/aromatic N) is 2. The molecule has 0 saturated carbocycles. The summed E-state index contributed by atoms with van der Waals surface area (Å²) in [5.41, 5.74) is 2.79. The molecule has 0 bridgehead atoms. The lowest BCUT2D eigenvalue weighted by molar-refractivity contribution is 0.104. The first-order chi connectivity index (χ1) is 9.34. The average molecular weight is 250 g/mol. The van der Waals surface area contributed by atoms with Crippen LogP contribution in [0.2, 0.25) is 0 Å². The highest BCUT2D eigenvalue weighted by Gasteiger charge is 2.04. The highest BCUT2D eigenvalue weighted by Crippen LogP contribution is 2.16. The highest BCUT2D eigenvalue weighted by molar-refractivity contribution is 6.07. The Morgan fingerprint density at radius 3 is 2.68 bits per heavy atom. The second-order valence-electron chi connectivity index (χ2n) is 4.04. The van der Waals surface area contributed by atoms with Gasteiger partial charge in [-0.2, -0.15) is 0 Å². The number of fused-ring (bicyclic) bond motifs is 1. The monoisotopic (exact) mass is 250 g/mol. The lowest BCUT2D eigenvalue weighted by atomic mass is 10.1. The number of aromatic nitrogens is 2. The SMILES string of the molecule is O=C(C=Cc1cccc2nonc12)c1ccccc1. The summed E-state index contributed by atoms with van der Waals surface area (Å²) < 4.78 is 4.68. The van der Waals surface area contributed by atoms with Gasteiger partial charge in [-0.05, 0) is 28.5 Å². The van der Waals surface area contributed by atoms with Gasteiger partial charge in [0, 0.05) is 11.1 Å². The Balaban J connectivity index is 1.91. The zero-order valence-electron chi connectivity index (χ0n) is 9.98. The predicted octanol–water partition coefficient (Wildman–Crippen LogP) is 3.12. The number of ketones is 1. The zero-order chi connectivity index (χ0) is 13.1. The summed E-state index contributed by atoms with van der Waals surface area (Å²) in [6.45, 7) is 0. The first-order valence-corrected chi connectivity index (χ1v) is 5.83. The molecule has 19 heavy (non-hydrogen) atoms. The quantitative estimate of drug-likeness (QED) is 0.529. The molecule has 0 radical (unpaired) electrons. The normalized spacial score (nSPS) is 11.2. The van der Waals surface area contributed by atoms with Crippen molar-refractivity contribution in [1.29, 1.82) is 0 Å². The van der Waals surface area contributed by atoms with E-state index < -0.39 is 0 Å². The van der Waals surface area contributed by atoms with Crippen LogP contribution in [-0.4, -0.2) is 16.1 Å². The van der Waals surface area contributed by atoms with E-state index in [1.54, 1.807) is 18.2 Å². The molecule has 3 rings (SSSR count). The molecule has 0 aliphatic carbocycles. The molecule has 0 spiro atoms. The maximum absolute atomic E-state index is 11.9. The Morgan fingerprint density at radius 1 is 1.00 bits per heavy atom. The summed E-state index contributed by atoms with van der Waals surface area (Å²) >= 11 is 0. The second-order valence-corrected chi connectivity index (χ2v) is 4.04. The summed E-state index contributed by atoms with van der Waals surface area (Å²) in [4.78, 5) is 11.9. The van der Waals surface area contributed by atoms with Crippen LogP contribution in [-0.2, 0) is 0 Å². The second kappa shape index (κ2) is 4.86. The number of allylic oxidation sites excluding steroid dienone is 1. The third-order valence-electron chi connectivity index (χ3n) is 2.79. The van der Waals surface area contributed by atoms with Crippen LogP contribution in [0.3, 0.4) is 0 Å². The van der Waals surface area contributed by atoms with Crippen molar-refractivity contribution in [3.8, 4) is 0 Å². The molecule has 0 saturated heterocycles. The van der Waals surface area contributed by atoms with Gasteiger partial charge in [0.15, 0.2) is 5.78 Å². The number of carbonyl (C=O) groups excluding carboxylic acids is 1. The van der Waals surface area contributed by atoms with Crippen LogP contribution in [0.1, 0.15) is 15.9 Å². The van der Waals surface area contributed by atoms with E-state index in [0.717, 1.165) is 5.56 Å². The minimum atomic E-state index is -0.0472. The van der Waals surface area contributed by atoms with Crippen molar-refractivity contribution in [1.82, 2.24) is 10.3 Å². The number of benzene rings is 2. The molecule has 4 nitrogen and oxygen atoms in total. The van der Waals surface area contributed by atoms with E-state index in [1.807, 2.05) is 36.4 Å². The first kappa shape index (κ1) is 11.3. The summed E-state index contributed by atoms with van der Waals surface area (Å²) in [6, 6.07) is 14.6. The van der Waals surface area contributed by atoms with Gasteiger partial charge in [0.1, 0.15) is 11.0 Å². The largest absolute Gasteiger partial charge is 0.289 e. The van der Waals surface area contributed by atoms with Gasteiger partial charge in [-0.15, -0.1) is 0 Å². The molecule has 0 atom stereocenters. The molecule has 4 heteroatoms. The van der Waals surface area contributed by atoms with Crippen LogP contribution in [0.4, 0.5) is 0 Å². The van der Waals surface area contributed by atoms with Gasteiger partial charge >= 0.3 is 0 Å². The van der Waals surface area contributed by atoms with Crippen LogP contribution in [0.5, 0.6) is 0 Å². The molecular formula is C15H10N2O2. The Bertz CT molecular complexity index is 745. The summed E-state index contributed by atoms with van der Waals surface area (Å²) in [7, 11) is 0. The molecular weight excluding hydrogens is 240 g/mol. The lowest BCUT2D eigenvalue weighted by Crippen LogP contribution is -1.92. The number of hydrogen-bond donors (Lipinski definition) is 0. The number of rotatable bonds is 3. The average Bonchev–Trinajstić information content (AvgIpc) is 2.94. The molecule has 0 aliphatic heterocycles. The topological polar surface area (TPSA) is 56.0 Å². The van der Waals surface area contributed by atoms with E-state index in [9.17, 15) is 4.79 Å². The fourth-order valence-electron chi connectivity index (χ4n) is 1.83. The van der Waals surface area contributed by atoms with Gasteiger partial charge in [0.25, 0.3) is 0 Å². The van der Waals surface area contributed by atoms with E-state index in [0.29, 0.717) is 16.6 Å². The van der Waals surface area contributed by atoms with Gasteiger partial charge in [-0.1, -0.05) is 42.5 Å². The molecule has 0 amide bonds. The van der Waals surface area contributed by atoms with E-state index >= 15 is 0 Å². The number of hydrogen-bond acceptors (Lipinski definition) is 4. The van der Waals surface area contributed by atoms with Crippen molar-refractivity contribution in [3.05, 3.63) is 65.7 Å². The van der Waals surface area contributed by atoms with Crippen molar-refractivity contribution < 1.29 is 9.42 Å². The molecule has 0 N–H and O–H groups in total. The van der Waals surface area contributed by atoms with Crippen LogP contribution < -0.4 is 0 Å². The predicted molar refractivity (Wildman–Crippen MR) is 71.6 cm³/mol. The van der Waals surface area contributed by atoms with Gasteiger partial charge in [0.2, 0.25) is 0 Å². The molecule has 2 aromatic carbocycles. The molecule has 1 heterocycles. The van der Waals surface area contributed by atoms with Gasteiger partial charge < -0.3 is 0 Å². The van der Waals surface area contributed by atoms with E-state index in [4.69, 9.17) is 0 Å². The molecule has 0 aliphatic rings. The Hall–Kier alpha value is -2.75. The van der Waals surface area contributed by atoms with Crippen LogP contribution in [0.15, 0.2) is 59.2 Å². The molecule has 3 aromatic rings. The fourth-order valence-corrected chi connectivity index (χ4v) is 1.83. The Labute approximate surface area is 109 Å². The van der Waals surface area contributed by atoms with Gasteiger partial charge in [-0.25, -0.2) is 4.63 Å². The summed E-state index contributed by atoms with van der Waals surface area (Å²) in [5, 5.41) is 7.58. The third-order valence-corrected chi connectivity index (χ3v) is 2.79. The van der Waals surface area contributed by atoms with Crippen LogP contribution >= 0.6 is 0 Å². The fraction of sp³-hybridized carbons (Fsp3) is 0. The minimum Gasteiger partial charge on any atom is -0.289 e. The highest BCUT2D eigenvalue weighted by atomic mass is 16.6. The van der Waals surface area contributed by atoms with E-state index in [1.165, 1.54) is 6.08 Å². The zero-order valence-corrected chi connectivity index (χ0v) is 9.98. The van der Waals surface area contributed by atoms with Crippen molar-refractivity contribution in [2.45, 2.75) is 0 Å². The first-order valence-electron chi connectivity index (χ1n) is 5.83. The van der Waals surface area contributed by atoms with Crippen molar-refractivity contribution in [2.24, 2.45) is 0 Å².